The maximum Gasteiger partial charge on any atom is 0.412 e. The van der Waals surface area contributed by atoms with Gasteiger partial charge in [-0.15, -0.1) is 11.3 Å². The Bertz CT molecular complexity index is 1620. The van der Waals surface area contributed by atoms with Gasteiger partial charge in [0, 0.05) is 43.3 Å². The van der Waals surface area contributed by atoms with E-state index in [9.17, 15) is 28.8 Å². The fourth-order valence-corrected chi connectivity index (χ4v) is 6.02. The highest BCUT2D eigenvalue weighted by Crippen LogP contribution is 2.21. The summed E-state index contributed by atoms with van der Waals surface area (Å²) in [6.45, 7) is 1.11. The molecule has 3 N–H and O–H groups in total. The Balaban J connectivity index is 1.40. The molecule has 3 amide bonds. The third-order valence-electron chi connectivity index (χ3n) is 7.85. The zero-order valence-electron chi connectivity index (χ0n) is 25.4. The van der Waals surface area contributed by atoms with Crippen molar-refractivity contribution in [1.29, 1.82) is 0 Å². The summed E-state index contributed by atoms with van der Waals surface area (Å²) in [7, 11) is 0. The Labute approximate surface area is 273 Å². The van der Waals surface area contributed by atoms with Crippen molar-refractivity contribution in [2.24, 2.45) is 5.92 Å². The molecule has 4 atom stereocenters. The van der Waals surface area contributed by atoms with Gasteiger partial charge in [0.25, 0.3) is 11.3 Å². The number of nitrogens with one attached hydrogen (secondary N) is 3. The standard InChI is InChI=1S/C32H35N5O9S/c38-26(27(39)30-34-12-15-47-30)24(17-21-10-11-33-28(21)40)35-29(41)25(16-20-6-2-1-3-7-20)37-13-4-9-23(31(37)42)36-32(43)46-22-8-5-14-44-19-45-18-22/h1-4,6-7,9,12-13,15,21-22,24-25H,5,8,10-11,14,16-19H2,(H,33,40)(H,35,41)(H,36,43)/t21-,22+,24-,25-/m0/s1. The predicted molar refractivity (Wildman–Crippen MR) is 169 cm³/mol. The molecule has 0 bridgehead atoms. The van der Waals surface area contributed by atoms with Gasteiger partial charge in [0.05, 0.1) is 12.6 Å². The van der Waals surface area contributed by atoms with Crippen LogP contribution in [0.15, 0.2) is 65.0 Å². The molecule has 0 spiro atoms. The number of benzene rings is 1. The monoisotopic (exact) mass is 665 g/mol. The van der Waals surface area contributed by atoms with Gasteiger partial charge in [-0.1, -0.05) is 30.3 Å². The minimum Gasteiger partial charge on any atom is -0.444 e. The van der Waals surface area contributed by atoms with Crippen molar-refractivity contribution in [2.75, 3.05) is 31.9 Å². The number of amides is 3. The zero-order chi connectivity index (χ0) is 33.2. The van der Waals surface area contributed by atoms with E-state index in [2.05, 4.69) is 20.9 Å². The molecule has 2 aliphatic heterocycles. The van der Waals surface area contributed by atoms with Gasteiger partial charge in [0.15, 0.2) is 5.01 Å². The minimum atomic E-state index is -1.35. The molecule has 3 aromatic rings. The number of carbonyl (C=O) groups is 5. The molecule has 0 radical (unpaired) electrons. The molecule has 0 aliphatic carbocycles. The van der Waals surface area contributed by atoms with E-state index < -0.39 is 53.2 Å². The predicted octanol–water partition coefficient (Wildman–Crippen LogP) is 2.25. The Morgan fingerprint density at radius 3 is 2.66 bits per heavy atom. The Morgan fingerprint density at radius 1 is 1.09 bits per heavy atom. The van der Waals surface area contributed by atoms with E-state index in [1.54, 1.807) is 35.7 Å². The molecule has 14 nitrogen and oxygen atoms in total. The van der Waals surface area contributed by atoms with E-state index in [4.69, 9.17) is 14.2 Å². The minimum absolute atomic E-state index is 0.0349. The average molecular weight is 666 g/mol. The Kier molecular flexibility index (Phi) is 11.6. The molecule has 1 aromatic carbocycles. The molecule has 2 aliphatic rings. The van der Waals surface area contributed by atoms with Crippen molar-refractivity contribution in [3.05, 3.63) is 81.2 Å². The molecule has 2 saturated heterocycles. The molecule has 0 saturated carbocycles. The summed E-state index contributed by atoms with van der Waals surface area (Å²) in [5, 5.41) is 9.37. The van der Waals surface area contributed by atoms with Crippen LogP contribution in [0.1, 0.15) is 47.1 Å². The number of ether oxygens (including phenoxy) is 3. The molecule has 2 aromatic heterocycles. The number of aromatic nitrogens is 2. The summed E-state index contributed by atoms with van der Waals surface area (Å²) in [4.78, 5) is 83.4. The summed E-state index contributed by atoms with van der Waals surface area (Å²) in [6, 6.07) is 9.26. The highest BCUT2D eigenvalue weighted by atomic mass is 32.1. The lowest BCUT2D eigenvalue weighted by Gasteiger charge is -2.25. The van der Waals surface area contributed by atoms with Crippen LogP contribution in [0.4, 0.5) is 10.5 Å². The van der Waals surface area contributed by atoms with Crippen LogP contribution in [0, 0.1) is 5.92 Å². The van der Waals surface area contributed by atoms with E-state index in [0.29, 0.717) is 38.0 Å². The number of hydrogen-bond donors (Lipinski definition) is 3. The van der Waals surface area contributed by atoms with Gasteiger partial charge in [-0.25, -0.2) is 9.78 Å². The van der Waals surface area contributed by atoms with Crippen LogP contribution in [0.2, 0.25) is 0 Å². The third kappa shape index (κ3) is 8.96. The van der Waals surface area contributed by atoms with Crippen molar-refractivity contribution < 1.29 is 38.2 Å². The highest BCUT2D eigenvalue weighted by molar-refractivity contribution is 7.12. The molecule has 15 heteroatoms. The Morgan fingerprint density at radius 2 is 1.91 bits per heavy atom. The number of hydrogen-bond acceptors (Lipinski definition) is 11. The van der Waals surface area contributed by atoms with E-state index in [-0.39, 0.29) is 42.8 Å². The fraction of sp³-hybridized carbons (Fsp3) is 0.406. The summed E-state index contributed by atoms with van der Waals surface area (Å²) >= 11 is 0.989. The number of thiazole rings is 1. The lowest BCUT2D eigenvalue weighted by molar-refractivity contribution is -0.129. The molecular formula is C32H35N5O9S. The Hall–Kier alpha value is -4.73. The van der Waals surface area contributed by atoms with E-state index in [0.717, 1.165) is 15.9 Å². The third-order valence-corrected chi connectivity index (χ3v) is 8.62. The molecular weight excluding hydrogens is 630 g/mol. The van der Waals surface area contributed by atoms with Crippen molar-refractivity contribution in [3.63, 3.8) is 0 Å². The summed E-state index contributed by atoms with van der Waals surface area (Å²) in [5.74, 6) is -3.40. The number of carbonyl (C=O) groups excluding carboxylic acids is 5. The average Bonchev–Trinajstić information content (AvgIpc) is 3.74. The van der Waals surface area contributed by atoms with Crippen LogP contribution >= 0.6 is 11.3 Å². The summed E-state index contributed by atoms with van der Waals surface area (Å²) in [5.41, 5.74) is -0.116. The van der Waals surface area contributed by atoms with Crippen molar-refractivity contribution in [3.8, 4) is 0 Å². The number of anilines is 1. The van der Waals surface area contributed by atoms with Gasteiger partial charge in [0.2, 0.25) is 17.6 Å². The normalized spacial score (nSPS) is 19.4. The second-order valence-corrected chi connectivity index (χ2v) is 12.0. The first-order valence-electron chi connectivity index (χ1n) is 15.2. The highest BCUT2D eigenvalue weighted by Gasteiger charge is 2.36. The maximum absolute atomic E-state index is 14.1. The lowest BCUT2D eigenvalue weighted by atomic mass is 9.93. The molecule has 248 valence electrons. The number of pyridine rings is 1. The molecule has 47 heavy (non-hydrogen) atoms. The van der Waals surface area contributed by atoms with Crippen LogP contribution < -0.4 is 21.5 Å². The quantitative estimate of drug-likeness (QED) is 0.192. The van der Waals surface area contributed by atoms with Crippen LogP contribution in [0.25, 0.3) is 0 Å². The molecule has 0 unspecified atom stereocenters. The molecule has 4 heterocycles. The molecule has 2 fully saturated rings. The van der Waals surface area contributed by atoms with Gasteiger partial charge < -0.3 is 29.4 Å². The summed E-state index contributed by atoms with van der Waals surface area (Å²) < 4.78 is 17.2. The number of rotatable bonds is 12. The number of nitrogens with zero attached hydrogens (tertiary/aromatic N) is 2. The number of Topliss-reactive ketones (excluding diaryl/α,β-unsaturated/α-hetero) is 2. The van der Waals surface area contributed by atoms with Gasteiger partial charge >= 0.3 is 6.09 Å². The van der Waals surface area contributed by atoms with E-state index >= 15 is 0 Å². The lowest BCUT2D eigenvalue weighted by Crippen LogP contribution is -2.49. The first-order valence-corrected chi connectivity index (χ1v) is 16.1. The van der Waals surface area contributed by atoms with E-state index in [1.165, 1.54) is 24.5 Å². The topological polar surface area (TPSA) is 184 Å². The van der Waals surface area contributed by atoms with Crippen LogP contribution in [-0.4, -0.2) is 77.7 Å². The van der Waals surface area contributed by atoms with Gasteiger partial charge in [0.1, 0.15) is 24.6 Å². The van der Waals surface area contributed by atoms with Crippen LogP contribution in [-0.2, 0) is 35.0 Å². The largest absolute Gasteiger partial charge is 0.444 e. The van der Waals surface area contributed by atoms with Gasteiger partial charge in [-0.3, -0.25) is 29.3 Å². The second-order valence-electron chi connectivity index (χ2n) is 11.1. The SMILES string of the molecule is O=C(Nc1cccn([C@@H](Cc2ccccc2)C(=O)N[C@@H](C[C@@H]2CCNC2=O)C(=O)C(=O)c2nccs2)c1=O)O[C@@H]1CCCOCOC1. The fourth-order valence-electron chi connectivity index (χ4n) is 5.44. The summed E-state index contributed by atoms with van der Waals surface area (Å²) in [6.07, 6.45) is 2.93. The second kappa shape index (κ2) is 16.2. The molecule has 5 rings (SSSR count). The zero-order valence-corrected chi connectivity index (χ0v) is 26.2. The smallest absolute Gasteiger partial charge is 0.412 e. The van der Waals surface area contributed by atoms with E-state index in [1.807, 2.05) is 0 Å². The van der Waals surface area contributed by atoms with Gasteiger partial charge in [-0.2, -0.15) is 0 Å². The van der Waals surface area contributed by atoms with Gasteiger partial charge in [-0.05, 0) is 43.4 Å². The maximum atomic E-state index is 14.1. The first-order chi connectivity index (χ1) is 22.8. The van der Waals surface area contributed by atoms with Crippen LogP contribution in [0.5, 0.6) is 0 Å². The first kappa shape index (κ1) is 33.6. The van der Waals surface area contributed by atoms with Crippen molar-refractivity contribution in [2.45, 2.75) is 50.3 Å². The van der Waals surface area contributed by atoms with Crippen LogP contribution in [0.3, 0.4) is 0 Å². The number of ketones is 2. The van der Waals surface area contributed by atoms with Crippen molar-refractivity contribution >= 4 is 46.5 Å². The van der Waals surface area contributed by atoms with Crippen molar-refractivity contribution in [1.82, 2.24) is 20.2 Å².